The van der Waals surface area contributed by atoms with Gasteiger partial charge in [-0.25, -0.2) is 4.98 Å². The summed E-state index contributed by atoms with van der Waals surface area (Å²) in [5.41, 5.74) is 2.33. The van der Waals surface area contributed by atoms with Crippen molar-refractivity contribution in [2.75, 3.05) is 6.61 Å². The topological polar surface area (TPSA) is 39.2 Å². The van der Waals surface area contributed by atoms with Gasteiger partial charge in [0, 0.05) is 10.9 Å². The van der Waals surface area contributed by atoms with Crippen molar-refractivity contribution < 1.29 is 9.53 Å². The highest BCUT2D eigenvalue weighted by Crippen LogP contribution is 2.31. The number of benzene rings is 1. The van der Waals surface area contributed by atoms with E-state index in [-0.39, 0.29) is 5.97 Å². The maximum Gasteiger partial charge on any atom is 0.317 e. The number of hydrogen-bond donors (Lipinski definition) is 0. The lowest BCUT2D eigenvalue weighted by Gasteiger charge is -2.19. The number of hydrogen-bond acceptors (Lipinski definition) is 4. The molecule has 1 aromatic carbocycles. The van der Waals surface area contributed by atoms with Crippen LogP contribution in [-0.2, 0) is 14.9 Å². The molecule has 0 atom stereocenters. The average molecular weight is 289 g/mol. The van der Waals surface area contributed by atoms with Crippen LogP contribution < -0.4 is 0 Å². The highest BCUT2D eigenvalue weighted by Gasteiger charge is 2.33. The normalized spacial score (nSPS) is 11.4. The smallest absolute Gasteiger partial charge is 0.317 e. The molecule has 106 valence electrons. The van der Waals surface area contributed by atoms with E-state index in [0.717, 1.165) is 16.3 Å². The molecule has 0 aliphatic carbocycles. The second-order valence-electron chi connectivity index (χ2n) is 5.25. The first-order valence-electron chi connectivity index (χ1n) is 6.65. The lowest BCUT2D eigenvalue weighted by Crippen LogP contribution is -2.31. The number of ether oxygens (including phenoxy) is 1. The van der Waals surface area contributed by atoms with E-state index in [4.69, 9.17) is 4.74 Å². The van der Waals surface area contributed by atoms with Crippen LogP contribution in [-0.4, -0.2) is 17.6 Å². The molecule has 4 heteroatoms. The van der Waals surface area contributed by atoms with Crippen LogP contribution in [0.3, 0.4) is 0 Å². The minimum Gasteiger partial charge on any atom is -0.465 e. The SMILES string of the molecule is CCOC(=O)C(C)(C)c1csc(-c2cccc(C)c2)n1. The summed E-state index contributed by atoms with van der Waals surface area (Å²) >= 11 is 1.55. The van der Waals surface area contributed by atoms with Gasteiger partial charge in [0.1, 0.15) is 10.4 Å². The Labute approximate surface area is 123 Å². The van der Waals surface area contributed by atoms with Gasteiger partial charge >= 0.3 is 5.97 Å². The maximum absolute atomic E-state index is 12.0. The fourth-order valence-corrected chi connectivity index (χ4v) is 2.87. The minimum absolute atomic E-state index is 0.235. The van der Waals surface area contributed by atoms with Crippen molar-refractivity contribution in [2.24, 2.45) is 0 Å². The van der Waals surface area contributed by atoms with Gasteiger partial charge in [-0.05, 0) is 33.8 Å². The lowest BCUT2D eigenvalue weighted by molar-refractivity contribution is -0.148. The summed E-state index contributed by atoms with van der Waals surface area (Å²) in [7, 11) is 0. The summed E-state index contributed by atoms with van der Waals surface area (Å²) in [5.74, 6) is -0.235. The first-order chi connectivity index (χ1) is 9.45. The Hall–Kier alpha value is -1.68. The molecule has 0 fully saturated rings. The molecule has 0 spiro atoms. The molecule has 0 aliphatic rings. The summed E-state index contributed by atoms with van der Waals surface area (Å²) in [6.45, 7) is 7.95. The van der Waals surface area contributed by atoms with Crippen molar-refractivity contribution in [1.82, 2.24) is 4.98 Å². The van der Waals surface area contributed by atoms with E-state index < -0.39 is 5.41 Å². The van der Waals surface area contributed by atoms with Gasteiger partial charge in [-0.3, -0.25) is 4.79 Å². The summed E-state index contributed by atoms with van der Waals surface area (Å²) in [5, 5.41) is 2.87. The molecule has 0 saturated carbocycles. The number of carbonyl (C=O) groups excluding carboxylic acids is 1. The van der Waals surface area contributed by atoms with Crippen LogP contribution in [0.5, 0.6) is 0 Å². The molecule has 0 N–H and O–H groups in total. The molecule has 0 bridgehead atoms. The number of rotatable bonds is 4. The summed E-state index contributed by atoms with van der Waals surface area (Å²) in [4.78, 5) is 16.6. The van der Waals surface area contributed by atoms with E-state index in [1.54, 1.807) is 11.3 Å². The average Bonchev–Trinajstić information content (AvgIpc) is 2.89. The first kappa shape index (κ1) is 14.7. The minimum atomic E-state index is -0.714. The fraction of sp³-hybridized carbons (Fsp3) is 0.375. The fourth-order valence-electron chi connectivity index (χ4n) is 1.89. The number of aromatic nitrogens is 1. The molecule has 3 nitrogen and oxygen atoms in total. The van der Waals surface area contributed by atoms with E-state index >= 15 is 0 Å². The van der Waals surface area contributed by atoms with E-state index in [2.05, 4.69) is 24.0 Å². The number of thiazole rings is 1. The Morgan fingerprint density at radius 2 is 2.15 bits per heavy atom. The predicted octanol–water partition coefficient (Wildman–Crippen LogP) is 3.96. The van der Waals surface area contributed by atoms with Crippen LogP contribution in [0.2, 0.25) is 0 Å². The van der Waals surface area contributed by atoms with Gasteiger partial charge in [0.2, 0.25) is 0 Å². The third-order valence-electron chi connectivity index (χ3n) is 3.20. The number of aryl methyl sites for hydroxylation is 1. The maximum atomic E-state index is 12.0. The van der Waals surface area contributed by atoms with Crippen LogP contribution in [0.15, 0.2) is 29.6 Å². The van der Waals surface area contributed by atoms with Crippen molar-refractivity contribution in [3.05, 3.63) is 40.9 Å². The van der Waals surface area contributed by atoms with Gasteiger partial charge in [-0.15, -0.1) is 11.3 Å². The van der Waals surface area contributed by atoms with Crippen molar-refractivity contribution >= 4 is 17.3 Å². The second-order valence-corrected chi connectivity index (χ2v) is 6.11. The van der Waals surface area contributed by atoms with Gasteiger partial charge < -0.3 is 4.74 Å². The van der Waals surface area contributed by atoms with Crippen LogP contribution >= 0.6 is 11.3 Å². The molecule has 1 aromatic heterocycles. The van der Waals surface area contributed by atoms with Crippen molar-refractivity contribution in [1.29, 1.82) is 0 Å². The standard InChI is InChI=1S/C16H19NO2S/c1-5-19-15(18)16(3,4)13-10-20-14(17-13)12-8-6-7-11(2)9-12/h6-10H,5H2,1-4H3. The molecular formula is C16H19NO2S. The summed E-state index contributed by atoms with van der Waals surface area (Å²) < 4.78 is 5.12. The number of esters is 1. The highest BCUT2D eigenvalue weighted by atomic mass is 32.1. The third kappa shape index (κ3) is 2.90. The van der Waals surface area contributed by atoms with E-state index in [1.807, 2.05) is 38.3 Å². The molecule has 0 radical (unpaired) electrons. The molecule has 0 aliphatic heterocycles. The molecule has 1 heterocycles. The molecule has 0 saturated heterocycles. The monoisotopic (exact) mass is 289 g/mol. The first-order valence-corrected chi connectivity index (χ1v) is 7.53. The quantitative estimate of drug-likeness (QED) is 0.800. The number of carbonyl (C=O) groups is 1. The summed E-state index contributed by atoms with van der Waals surface area (Å²) in [6, 6.07) is 8.20. The molecule has 20 heavy (non-hydrogen) atoms. The van der Waals surface area contributed by atoms with Crippen LogP contribution in [0, 0.1) is 6.92 Å². The summed E-state index contributed by atoms with van der Waals surface area (Å²) in [6.07, 6.45) is 0. The van der Waals surface area contributed by atoms with Crippen molar-refractivity contribution in [2.45, 2.75) is 33.1 Å². The van der Waals surface area contributed by atoms with Crippen LogP contribution in [0.4, 0.5) is 0 Å². The largest absolute Gasteiger partial charge is 0.465 e. The zero-order valence-corrected chi connectivity index (χ0v) is 13.1. The van der Waals surface area contributed by atoms with Crippen LogP contribution in [0.25, 0.3) is 10.6 Å². The van der Waals surface area contributed by atoms with Gasteiger partial charge in [0.25, 0.3) is 0 Å². The Kier molecular flexibility index (Phi) is 4.23. The predicted molar refractivity (Wildman–Crippen MR) is 81.9 cm³/mol. The van der Waals surface area contributed by atoms with Crippen LogP contribution in [0.1, 0.15) is 32.0 Å². The highest BCUT2D eigenvalue weighted by molar-refractivity contribution is 7.13. The van der Waals surface area contributed by atoms with E-state index in [1.165, 1.54) is 5.56 Å². The molecule has 2 rings (SSSR count). The Bertz CT molecular complexity index is 616. The van der Waals surface area contributed by atoms with Gasteiger partial charge in [0.05, 0.1) is 12.3 Å². The molecular weight excluding hydrogens is 270 g/mol. The van der Waals surface area contributed by atoms with Crippen molar-refractivity contribution in [3.63, 3.8) is 0 Å². The molecule has 0 unspecified atom stereocenters. The van der Waals surface area contributed by atoms with E-state index in [9.17, 15) is 4.79 Å². The van der Waals surface area contributed by atoms with Gasteiger partial charge in [0.15, 0.2) is 0 Å². The van der Waals surface area contributed by atoms with Gasteiger partial charge in [-0.1, -0.05) is 23.8 Å². The zero-order chi connectivity index (χ0) is 14.8. The molecule has 0 amide bonds. The Morgan fingerprint density at radius 3 is 2.80 bits per heavy atom. The van der Waals surface area contributed by atoms with Gasteiger partial charge in [-0.2, -0.15) is 0 Å². The molecule has 2 aromatic rings. The second kappa shape index (κ2) is 5.75. The zero-order valence-electron chi connectivity index (χ0n) is 12.3. The third-order valence-corrected chi connectivity index (χ3v) is 4.09. The Balaban J connectivity index is 2.31. The number of nitrogens with zero attached hydrogens (tertiary/aromatic N) is 1. The van der Waals surface area contributed by atoms with E-state index in [0.29, 0.717) is 6.61 Å². The Morgan fingerprint density at radius 1 is 1.40 bits per heavy atom. The lowest BCUT2D eigenvalue weighted by atomic mass is 9.90. The van der Waals surface area contributed by atoms with Crippen molar-refractivity contribution in [3.8, 4) is 10.6 Å².